The molecule has 2 aromatic rings. The molecule has 0 aliphatic carbocycles. The van der Waals surface area contributed by atoms with Gasteiger partial charge in [0.25, 0.3) is 5.56 Å². The Hall–Kier alpha value is -3.32. The van der Waals surface area contributed by atoms with E-state index in [0.717, 1.165) is 23.8 Å². The molecule has 0 bridgehead atoms. The number of carbonyl (C=O) groups excluding carboxylic acids is 2. The molecule has 0 radical (unpaired) electrons. The fourth-order valence-corrected chi connectivity index (χ4v) is 5.38. The zero-order chi connectivity index (χ0) is 26.8. The van der Waals surface area contributed by atoms with Gasteiger partial charge in [-0.25, -0.2) is 13.8 Å². The number of hydrogen-bond acceptors (Lipinski definition) is 10. The Balaban J connectivity index is 1.67. The second-order valence-electron chi connectivity index (χ2n) is 8.57. The third kappa shape index (κ3) is 5.99. The first-order chi connectivity index (χ1) is 17.5. The molecule has 6 atom stereocenters. The van der Waals surface area contributed by atoms with Crippen LogP contribution in [-0.4, -0.2) is 58.6 Å². The summed E-state index contributed by atoms with van der Waals surface area (Å²) in [5.74, 6) is -1.60. The molecule has 2 aliphatic rings. The van der Waals surface area contributed by atoms with Gasteiger partial charge in [-0.05, 0) is 26.0 Å². The van der Waals surface area contributed by atoms with Crippen LogP contribution in [0.1, 0.15) is 26.5 Å². The average molecular weight is 541 g/mol. The van der Waals surface area contributed by atoms with Crippen LogP contribution in [0.5, 0.6) is 5.75 Å². The van der Waals surface area contributed by atoms with Crippen LogP contribution in [-0.2, 0) is 32.9 Å². The number of rotatable bonds is 3. The van der Waals surface area contributed by atoms with Crippen molar-refractivity contribution in [3.8, 4) is 5.75 Å². The zero-order valence-electron chi connectivity index (χ0n) is 19.8. The Labute approximate surface area is 209 Å². The first-order valence-corrected chi connectivity index (χ1v) is 12.8. The Bertz CT molecular complexity index is 1310. The van der Waals surface area contributed by atoms with Crippen LogP contribution < -0.4 is 20.9 Å². The average Bonchev–Trinajstić information content (AvgIpc) is 3.07. The summed E-state index contributed by atoms with van der Waals surface area (Å²) in [7, 11) is -4.32. The highest BCUT2D eigenvalue weighted by molar-refractivity contribution is 7.52. The molecule has 2 fully saturated rings. The van der Waals surface area contributed by atoms with Gasteiger partial charge < -0.3 is 18.7 Å². The molecule has 15 heteroatoms. The van der Waals surface area contributed by atoms with E-state index in [-0.39, 0.29) is 5.75 Å². The van der Waals surface area contributed by atoms with Crippen molar-refractivity contribution in [2.75, 3.05) is 13.2 Å². The summed E-state index contributed by atoms with van der Waals surface area (Å²) in [5.41, 5.74) is -4.16. The largest absolute Gasteiger partial charge is 0.464 e. The number of para-hydroxylation sites is 1. The number of nitrogens with one attached hydrogen (secondary N) is 2. The molecule has 3 heterocycles. The van der Waals surface area contributed by atoms with E-state index >= 15 is 4.39 Å². The molecular formula is C22H25FN3O10P. The van der Waals surface area contributed by atoms with Crippen molar-refractivity contribution in [3.05, 3.63) is 63.4 Å². The van der Waals surface area contributed by atoms with Gasteiger partial charge in [-0.3, -0.25) is 28.5 Å². The summed E-state index contributed by atoms with van der Waals surface area (Å²) < 4.78 is 57.7. The number of fused-ring (bicyclic) bond motifs is 1. The monoisotopic (exact) mass is 541 g/mol. The van der Waals surface area contributed by atoms with Gasteiger partial charge in [0, 0.05) is 12.3 Å². The molecule has 0 unspecified atom stereocenters. The quantitative estimate of drug-likeness (QED) is 0.424. The SMILES string of the molecule is C[C@@H]1N[P@](=O)(Oc2ccccc2)OC[C@H]2O[C@@H](n3ccc(=O)[nH]c3=O)[C@](C)(F)[C@@H]2OC(=O)CCOC1=O. The number of halogens is 1. The number of aromatic nitrogens is 2. The molecule has 2 N–H and O–H groups in total. The van der Waals surface area contributed by atoms with E-state index in [0.29, 0.717) is 0 Å². The van der Waals surface area contributed by atoms with Crippen molar-refractivity contribution in [2.24, 2.45) is 0 Å². The summed E-state index contributed by atoms with van der Waals surface area (Å²) in [4.78, 5) is 50.5. The topological polar surface area (TPSA) is 164 Å². The first-order valence-electron chi connectivity index (χ1n) is 11.3. The Morgan fingerprint density at radius 3 is 2.59 bits per heavy atom. The number of H-pyrrole nitrogens is 1. The molecule has 1 aromatic carbocycles. The predicted octanol–water partition coefficient (Wildman–Crippen LogP) is 1.20. The van der Waals surface area contributed by atoms with Gasteiger partial charge in [0.15, 0.2) is 18.0 Å². The van der Waals surface area contributed by atoms with E-state index in [4.69, 9.17) is 23.3 Å². The Morgan fingerprint density at radius 2 is 1.89 bits per heavy atom. The lowest BCUT2D eigenvalue weighted by molar-refractivity contribution is -0.160. The van der Waals surface area contributed by atoms with Gasteiger partial charge in [-0.15, -0.1) is 0 Å². The Kier molecular flexibility index (Phi) is 7.64. The van der Waals surface area contributed by atoms with Crippen LogP contribution in [0, 0.1) is 0 Å². The molecular weight excluding hydrogens is 516 g/mol. The maximum atomic E-state index is 16.1. The molecule has 2 aliphatic heterocycles. The van der Waals surface area contributed by atoms with Gasteiger partial charge in [0.05, 0.1) is 13.0 Å². The molecule has 4 rings (SSSR count). The molecule has 0 amide bonds. The molecule has 2 saturated heterocycles. The molecule has 0 saturated carbocycles. The van der Waals surface area contributed by atoms with Gasteiger partial charge in [-0.1, -0.05) is 18.2 Å². The van der Waals surface area contributed by atoms with E-state index in [1.54, 1.807) is 18.2 Å². The number of esters is 2. The van der Waals surface area contributed by atoms with Crippen LogP contribution in [0.15, 0.2) is 52.2 Å². The number of hydrogen-bond donors (Lipinski definition) is 2. The molecule has 37 heavy (non-hydrogen) atoms. The predicted molar refractivity (Wildman–Crippen MR) is 123 cm³/mol. The van der Waals surface area contributed by atoms with Crippen LogP contribution in [0.25, 0.3) is 0 Å². The van der Waals surface area contributed by atoms with Crippen LogP contribution in [0.4, 0.5) is 4.39 Å². The third-order valence-corrected chi connectivity index (χ3v) is 7.32. The second-order valence-corrected chi connectivity index (χ2v) is 10.3. The lowest BCUT2D eigenvalue weighted by Crippen LogP contribution is -2.46. The van der Waals surface area contributed by atoms with Gasteiger partial charge in [-0.2, -0.15) is 5.09 Å². The molecule has 0 spiro atoms. The smallest absolute Gasteiger partial charge is 0.459 e. The summed E-state index contributed by atoms with van der Waals surface area (Å²) in [5, 5.41) is 2.47. The van der Waals surface area contributed by atoms with E-state index in [1.165, 1.54) is 19.1 Å². The lowest BCUT2D eigenvalue weighted by atomic mass is 9.98. The first kappa shape index (κ1) is 26.7. The highest BCUT2D eigenvalue weighted by atomic mass is 31.2. The van der Waals surface area contributed by atoms with Gasteiger partial charge >= 0.3 is 25.4 Å². The summed E-state index contributed by atoms with van der Waals surface area (Å²) in [6, 6.07) is 7.77. The zero-order valence-corrected chi connectivity index (χ0v) is 20.7. The highest BCUT2D eigenvalue weighted by Gasteiger charge is 2.58. The standard InChI is InChI=1S/C22H25FN3O10P/c1-13-19(29)32-11-9-17(28)35-18-15(12-33-37(31,25-13)36-14-6-4-3-5-7-14)34-20(22(18,2)23)26-10-8-16(27)24-21(26)30/h3-8,10,13,15,18,20H,9,11-12H2,1-2H3,(H,25,31)(H,24,27,30)/t13-,15+,18+,20+,22+,37+/m0/s1. The van der Waals surface area contributed by atoms with E-state index in [9.17, 15) is 23.7 Å². The number of cyclic esters (lactones) is 1. The van der Waals surface area contributed by atoms with Crippen molar-refractivity contribution >= 4 is 19.7 Å². The normalized spacial score (nSPS) is 33.2. The summed E-state index contributed by atoms with van der Waals surface area (Å²) in [6.07, 6.45) is -4.01. The lowest BCUT2D eigenvalue weighted by Gasteiger charge is -2.28. The number of carbonyl (C=O) groups is 2. The summed E-state index contributed by atoms with van der Waals surface area (Å²) >= 11 is 0. The summed E-state index contributed by atoms with van der Waals surface area (Å²) in [6.45, 7) is 1.38. The fourth-order valence-electron chi connectivity index (χ4n) is 3.87. The third-order valence-electron chi connectivity index (χ3n) is 5.68. The van der Waals surface area contributed by atoms with Crippen LogP contribution >= 0.6 is 7.75 Å². The van der Waals surface area contributed by atoms with Crippen molar-refractivity contribution in [2.45, 2.75) is 50.4 Å². The van der Waals surface area contributed by atoms with Crippen molar-refractivity contribution in [1.82, 2.24) is 14.6 Å². The number of ether oxygens (including phenoxy) is 3. The maximum Gasteiger partial charge on any atom is 0.459 e. The number of benzene rings is 1. The van der Waals surface area contributed by atoms with Crippen molar-refractivity contribution in [1.29, 1.82) is 0 Å². The second kappa shape index (κ2) is 10.6. The van der Waals surface area contributed by atoms with Crippen LogP contribution in [0.2, 0.25) is 0 Å². The van der Waals surface area contributed by atoms with Crippen molar-refractivity contribution < 1.29 is 41.8 Å². The Morgan fingerprint density at radius 1 is 1.16 bits per heavy atom. The van der Waals surface area contributed by atoms with Crippen LogP contribution in [0.3, 0.4) is 0 Å². The molecule has 13 nitrogen and oxygen atoms in total. The minimum absolute atomic E-state index is 0.145. The highest BCUT2D eigenvalue weighted by Crippen LogP contribution is 2.48. The van der Waals surface area contributed by atoms with Gasteiger partial charge in [0.1, 0.15) is 24.5 Å². The minimum atomic E-state index is -4.32. The fraction of sp³-hybridized carbons (Fsp3) is 0.455. The van der Waals surface area contributed by atoms with E-state index < -0.39 is 80.7 Å². The number of alkyl halides is 1. The molecule has 1 aromatic heterocycles. The number of nitrogens with zero attached hydrogens (tertiary/aromatic N) is 1. The van der Waals surface area contributed by atoms with Crippen molar-refractivity contribution in [3.63, 3.8) is 0 Å². The minimum Gasteiger partial charge on any atom is -0.464 e. The van der Waals surface area contributed by atoms with Gasteiger partial charge in [0.2, 0.25) is 0 Å². The van der Waals surface area contributed by atoms with E-state index in [2.05, 4.69) is 5.09 Å². The van der Waals surface area contributed by atoms with E-state index in [1.807, 2.05) is 4.98 Å². The molecule has 200 valence electrons. The number of aromatic amines is 1. The maximum absolute atomic E-state index is 16.1.